The second-order valence-electron chi connectivity index (χ2n) is 5.23. The van der Waals surface area contributed by atoms with Crippen molar-refractivity contribution in [2.24, 2.45) is 4.99 Å². The number of fused-ring (bicyclic) bond motifs is 1. The fourth-order valence-corrected chi connectivity index (χ4v) is 3.38. The Labute approximate surface area is 132 Å². The molecule has 1 N–H and O–H groups in total. The van der Waals surface area contributed by atoms with Gasteiger partial charge in [0, 0.05) is 13.6 Å². The smallest absolute Gasteiger partial charge is 0.194 e. The number of hydrogen-bond acceptors (Lipinski definition) is 6. The van der Waals surface area contributed by atoms with Crippen molar-refractivity contribution in [1.29, 1.82) is 0 Å². The van der Waals surface area contributed by atoms with Crippen LogP contribution in [0.25, 0.3) is 21.0 Å². The van der Waals surface area contributed by atoms with Gasteiger partial charge in [-0.05, 0) is 24.3 Å². The maximum Gasteiger partial charge on any atom is 0.194 e. The molecule has 112 valence electrons. The fraction of sp³-hybridized carbons (Fsp3) is 0.250. The average molecular weight is 312 g/mol. The van der Waals surface area contributed by atoms with Gasteiger partial charge < -0.3 is 14.6 Å². The van der Waals surface area contributed by atoms with E-state index in [4.69, 9.17) is 4.42 Å². The first-order valence-electron chi connectivity index (χ1n) is 7.24. The van der Waals surface area contributed by atoms with E-state index in [2.05, 4.69) is 26.3 Å². The number of para-hydroxylation sites is 1. The predicted molar refractivity (Wildman–Crippen MR) is 89.1 cm³/mol. The summed E-state index contributed by atoms with van der Waals surface area (Å²) in [6.45, 7) is 2.46. The number of aromatic nitrogens is 1. The third-order valence-corrected chi connectivity index (χ3v) is 4.70. The second-order valence-corrected chi connectivity index (χ2v) is 6.26. The highest BCUT2D eigenvalue weighted by Crippen LogP contribution is 2.31. The van der Waals surface area contributed by atoms with E-state index >= 15 is 0 Å². The van der Waals surface area contributed by atoms with E-state index in [0.29, 0.717) is 6.54 Å². The molecule has 3 aromatic rings. The maximum atomic E-state index is 5.91. The molecule has 22 heavy (non-hydrogen) atoms. The molecule has 1 aromatic carbocycles. The molecule has 0 spiro atoms. The van der Waals surface area contributed by atoms with Crippen molar-refractivity contribution in [3.8, 4) is 10.8 Å². The molecule has 0 aliphatic carbocycles. The van der Waals surface area contributed by atoms with E-state index < -0.39 is 0 Å². The van der Waals surface area contributed by atoms with Gasteiger partial charge in [0.15, 0.2) is 16.7 Å². The first kappa shape index (κ1) is 13.3. The van der Waals surface area contributed by atoms with Crippen LogP contribution in [0.5, 0.6) is 0 Å². The zero-order valence-electron chi connectivity index (χ0n) is 12.2. The molecule has 0 atom stereocenters. The Morgan fingerprint density at radius 3 is 3.00 bits per heavy atom. The Balaban J connectivity index is 1.51. The van der Waals surface area contributed by atoms with E-state index in [9.17, 15) is 0 Å². The Morgan fingerprint density at radius 1 is 1.27 bits per heavy atom. The van der Waals surface area contributed by atoms with Crippen LogP contribution in [0.3, 0.4) is 0 Å². The SMILES string of the molecule is CN1CCN=C1NCc1ccc(-c2nc3ccccc3s2)o1. The van der Waals surface area contributed by atoms with Gasteiger partial charge in [-0.15, -0.1) is 11.3 Å². The second kappa shape index (κ2) is 5.46. The third kappa shape index (κ3) is 2.46. The first-order valence-corrected chi connectivity index (χ1v) is 8.05. The highest BCUT2D eigenvalue weighted by atomic mass is 32.1. The largest absolute Gasteiger partial charge is 0.457 e. The van der Waals surface area contributed by atoms with Gasteiger partial charge in [0.25, 0.3) is 0 Å². The number of aliphatic imine (C=N–C) groups is 1. The van der Waals surface area contributed by atoms with Crippen LogP contribution in [-0.2, 0) is 6.54 Å². The minimum absolute atomic E-state index is 0.633. The Kier molecular flexibility index (Phi) is 3.31. The summed E-state index contributed by atoms with van der Waals surface area (Å²) in [6, 6.07) is 12.1. The number of benzene rings is 1. The summed E-state index contributed by atoms with van der Waals surface area (Å²) in [5, 5.41) is 4.22. The number of nitrogens with one attached hydrogen (secondary N) is 1. The molecular weight excluding hydrogens is 296 g/mol. The quantitative estimate of drug-likeness (QED) is 0.808. The van der Waals surface area contributed by atoms with E-state index in [0.717, 1.165) is 41.1 Å². The third-order valence-electron chi connectivity index (χ3n) is 3.65. The summed E-state index contributed by atoms with van der Waals surface area (Å²) in [5.41, 5.74) is 1.01. The Bertz CT molecular complexity index is 802. The molecular formula is C16H16N4OS. The fourth-order valence-electron chi connectivity index (χ4n) is 2.46. The lowest BCUT2D eigenvalue weighted by Gasteiger charge is -2.14. The molecule has 2 aromatic heterocycles. The normalized spacial score (nSPS) is 14.6. The van der Waals surface area contributed by atoms with Crippen molar-refractivity contribution >= 4 is 27.5 Å². The monoisotopic (exact) mass is 312 g/mol. The maximum absolute atomic E-state index is 5.91. The summed E-state index contributed by atoms with van der Waals surface area (Å²) in [6.07, 6.45) is 0. The average Bonchev–Trinajstić information content (AvgIpc) is 3.24. The number of hydrogen-bond donors (Lipinski definition) is 1. The van der Waals surface area contributed by atoms with Gasteiger partial charge in [0.2, 0.25) is 0 Å². The predicted octanol–water partition coefficient (Wildman–Crippen LogP) is 2.95. The molecule has 0 amide bonds. The number of nitrogens with zero attached hydrogens (tertiary/aromatic N) is 3. The van der Waals surface area contributed by atoms with Crippen LogP contribution in [0.2, 0.25) is 0 Å². The van der Waals surface area contributed by atoms with E-state index in [1.54, 1.807) is 11.3 Å². The molecule has 3 heterocycles. The molecule has 4 rings (SSSR count). The molecule has 0 fully saturated rings. The lowest BCUT2D eigenvalue weighted by molar-refractivity contribution is 0.495. The molecule has 1 aliphatic rings. The Morgan fingerprint density at radius 2 is 2.18 bits per heavy atom. The van der Waals surface area contributed by atoms with Gasteiger partial charge in [-0.3, -0.25) is 4.99 Å². The van der Waals surface area contributed by atoms with Crippen LogP contribution >= 0.6 is 11.3 Å². The van der Waals surface area contributed by atoms with Crippen molar-refractivity contribution in [3.63, 3.8) is 0 Å². The lowest BCUT2D eigenvalue weighted by Crippen LogP contribution is -2.34. The zero-order valence-corrected chi connectivity index (χ0v) is 13.1. The number of thiazole rings is 1. The van der Waals surface area contributed by atoms with Gasteiger partial charge in [-0.2, -0.15) is 0 Å². The highest BCUT2D eigenvalue weighted by molar-refractivity contribution is 7.21. The van der Waals surface area contributed by atoms with Crippen LogP contribution in [0.4, 0.5) is 0 Å². The molecule has 0 saturated carbocycles. The van der Waals surface area contributed by atoms with Crippen LogP contribution in [-0.4, -0.2) is 36.0 Å². The lowest BCUT2D eigenvalue weighted by atomic mass is 10.3. The topological polar surface area (TPSA) is 53.7 Å². The molecule has 0 bridgehead atoms. The van der Waals surface area contributed by atoms with Crippen LogP contribution in [0, 0.1) is 0 Å². The van der Waals surface area contributed by atoms with Crippen LogP contribution < -0.4 is 5.32 Å². The summed E-state index contributed by atoms with van der Waals surface area (Å²) in [5.74, 6) is 2.63. The zero-order chi connectivity index (χ0) is 14.9. The summed E-state index contributed by atoms with van der Waals surface area (Å²) < 4.78 is 7.08. The van der Waals surface area contributed by atoms with Gasteiger partial charge >= 0.3 is 0 Å². The van der Waals surface area contributed by atoms with Gasteiger partial charge in [-0.25, -0.2) is 4.98 Å². The van der Waals surface area contributed by atoms with Gasteiger partial charge in [0.1, 0.15) is 5.76 Å². The summed E-state index contributed by atoms with van der Waals surface area (Å²) >= 11 is 1.65. The standard InChI is InChI=1S/C16H16N4OS/c1-20-9-8-17-16(20)18-10-11-6-7-13(21-11)15-19-12-4-2-3-5-14(12)22-15/h2-7H,8-10H2,1H3,(H,17,18). The molecule has 0 radical (unpaired) electrons. The van der Waals surface area contributed by atoms with Crippen molar-refractivity contribution in [2.45, 2.75) is 6.54 Å². The minimum atomic E-state index is 0.633. The number of guanidine groups is 1. The van der Waals surface area contributed by atoms with Crippen molar-refractivity contribution in [3.05, 3.63) is 42.2 Å². The first-order chi connectivity index (χ1) is 10.8. The van der Waals surface area contributed by atoms with Crippen molar-refractivity contribution in [2.75, 3.05) is 20.1 Å². The Hall–Kier alpha value is -2.34. The molecule has 0 saturated heterocycles. The van der Waals surface area contributed by atoms with Crippen LogP contribution in [0.1, 0.15) is 5.76 Å². The molecule has 5 nitrogen and oxygen atoms in total. The van der Waals surface area contributed by atoms with Crippen LogP contribution in [0.15, 0.2) is 45.8 Å². The number of rotatable bonds is 3. The highest BCUT2D eigenvalue weighted by Gasteiger charge is 2.13. The van der Waals surface area contributed by atoms with E-state index in [1.165, 1.54) is 4.70 Å². The number of furan rings is 1. The minimum Gasteiger partial charge on any atom is -0.457 e. The summed E-state index contributed by atoms with van der Waals surface area (Å²) in [7, 11) is 2.04. The van der Waals surface area contributed by atoms with Gasteiger partial charge in [-0.1, -0.05) is 12.1 Å². The summed E-state index contributed by atoms with van der Waals surface area (Å²) in [4.78, 5) is 11.1. The van der Waals surface area contributed by atoms with Gasteiger partial charge in [0.05, 0.1) is 23.3 Å². The number of likely N-dealkylation sites (N-methyl/N-ethyl adjacent to an activating group) is 1. The molecule has 1 aliphatic heterocycles. The van der Waals surface area contributed by atoms with Crippen molar-refractivity contribution < 1.29 is 4.42 Å². The van der Waals surface area contributed by atoms with E-state index in [1.807, 2.05) is 37.4 Å². The molecule has 6 heteroatoms. The van der Waals surface area contributed by atoms with Crippen molar-refractivity contribution in [1.82, 2.24) is 15.2 Å². The molecule has 0 unspecified atom stereocenters. The van der Waals surface area contributed by atoms with E-state index in [-0.39, 0.29) is 0 Å².